The fraction of sp³-hybridized carbons (Fsp3) is 0.194. The van der Waals surface area contributed by atoms with Crippen molar-refractivity contribution in [1.29, 1.82) is 0 Å². The van der Waals surface area contributed by atoms with Crippen molar-refractivity contribution >= 4 is 17.0 Å². The molecule has 198 valence electrons. The molecular weight excluding hydrogens is 476 g/mol. The van der Waals surface area contributed by atoms with Crippen molar-refractivity contribution in [2.24, 2.45) is 11.0 Å². The number of fused-ring (bicyclic) bond motifs is 1. The van der Waals surface area contributed by atoms with E-state index in [1.807, 2.05) is 85.0 Å². The molecule has 0 aromatic heterocycles. The normalized spacial score (nSPS) is 12.6. The van der Waals surface area contributed by atoms with Crippen LogP contribution in [0.15, 0.2) is 126 Å². The zero-order valence-corrected chi connectivity index (χ0v) is 23.7. The van der Waals surface area contributed by atoms with E-state index in [1.165, 1.54) is 6.42 Å². The van der Waals surface area contributed by atoms with Crippen LogP contribution < -0.4 is 10.2 Å². The third-order valence-corrected chi connectivity index (χ3v) is 5.38. The molecule has 3 aromatic rings. The Bertz CT molecular complexity index is 1450. The quantitative estimate of drug-likeness (QED) is 0.344. The van der Waals surface area contributed by atoms with Gasteiger partial charge in [0.25, 0.3) is 0 Å². The van der Waals surface area contributed by atoms with Crippen LogP contribution in [0, 0.1) is 5.92 Å². The molecule has 0 unspecified atom stereocenters. The summed E-state index contributed by atoms with van der Waals surface area (Å²) in [4.78, 5) is 0. The summed E-state index contributed by atoms with van der Waals surface area (Å²) in [5, 5.41) is 4.50. The lowest BCUT2D eigenvalue weighted by Gasteiger charge is -2.19. The first-order valence-electron chi connectivity index (χ1n) is 13.4. The van der Waals surface area contributed by atoms with E-state index in [0.717, 1.165) is 62.2 Å². The number of nitrogens with zero attached hydrogens (tertiary/aromatic N) is 1. The van der Waals surface area contributed by atoms with Crippen LogP contribution in [-0.4, -0.2) is 5.71 Å². The molecule has 0 atom stereocenters. The topological polar surface area (TPSA) is 33.6 Å². The first-order valence-corrected chi connectivity index (χ1v) is 13.4. The summed E-state index contributed by atoms with van der Waals surface area (Å²) in [6.07, 6.45) is 6.95. The maximum Gasteiger partial charge on any atom is 0.127 e. The number of allylic oxidation sites excluding steroid dienone is 5. The predicted molar refractivity (Wildman–Crippen MR) is 167 cm³/mol. The van der Waals surface area contributed by atoms with Crippen molar-refractivity contribution in [3.05, 3.63) is 143 Å². The van der Waals surface area contributed by atoms with Gasteiger partial charge in [0.2, 0.25) is 0 Å². The highest BCUT2D eigenvalue weighted by atomic mass is 16.5. The maximum absolute atomic E-state index is 6.04. The first-order chi connectivity index (χ1) is 18.8. The second-order valence-corrected chi connectivity index (χ2v) is 9.89. The Morgan fingerprint density at radius 2 is 1.44 bits per heavy atom. The van der Waals surface area contributed by atoms with Crippen molar-refractivity contribution < 1.29 is 4.74 Å². The van der Waals surface area contributed by atoms with Crippen molar-refractivity contribution in [1.82, 2.24) is 5.43 Å². The second kappa shape index (κ2) is 14.4. The molecule has 1 heterocycles. The molecule has 1 aliphatic carbocycles. The molecule has 3 aromatic carbocycles. The summed E-state index contributed by atoms with van der Waals surface area (Å²) in [5.74, 6) is 2.36. The van der Waals surface area contributed by atoms with Crippen LogP contribution >= 0.6 is 0 Å². The van der Waals surface area contributed by atoms with E-state index in [4.69, 9.17) is 4.74 Å². The number of hydrogen-bond donors (Lipinski definition) is 1. The van der Waals surface area contributed by atoms with E-state index in [0.29, 0.717) is 0 Å². The van der Waals surface area contributed by atoms with Gasteiger partial charge in [-0.2, -0.15) is 5.10 Å². The molecule has 5 rings (SSSR count). The monoisotopic (exact) mass is 514 g/mol. The summed E-state index contributed by atoms with van der Waals surface area (Å²) in [6, 6.07) is 24.0. The SMILES string of the molecule is C=C(C1=CC=C=C=C1)c1ccc(Oc2ccc(C3=NNC(=C)c4ccccc43)cc2)cc1.CC(C)C.CCC. The van der Waals surface area contributed by atoms with Crippen LogP contribution in [0.25, 0.3) is 11.3 Å². The van der Waals surface area contributed by atoms with Gasteiger partial charge in [0.15, 0.2) is 0 Å². The summed E-state index contributed by atoms with van der Waals surface area (Å²) in [7, 11) is 0. The van der Waals surface area contributed by atoms with Crippen LogP contribution in [0.4, 0.5) is 0 Å². The van der Waals surface area contributed by atoms with Crippen LogP contribution in [0.1, 0.15) is 63.3 Å². The van der Waals surface area contributed by atoms with Gasteiger partial charge in [-0.15, -0.1) is 0 Å². The van der Waals surface area contributed by atoms with Crippen LogP contribution in [0.3, 0.4) is 0 Å². The van der Waals surface area contributed by atoms with Crippen molar-refractivity contribution in [3.8, 4) is 11.5 Å². The van der Waals surface area contributed by atoms with Gasteiger partial charge in [-0.3, -0.25) is 5.43 Å². The molecule has 1 N–H and O–H groups in total. The molecule has 0 bridgehead atoms. The molecule has 0 saturated carbocycles. The third-order valence-electron chi connectivity index (χ3n) is 5.38. The van der Waals surface area contributed by atoms with Crippen LogP contribution in [0.2, 0.25) is 0 Å². The lowest BCUT2D eigenvalue weighted by atomic mass is 9.95. The van der Waals surface area contributed by atoms with E-state index in [2.05, 4.69) is 75.8 Å². The van der Waals surface area contributed by atoms with Crippen molar-refractivity contribution in [3.63, 3.8) is 0 Å². The minimum Gasteiger partial charge on any atom is -0.457 e. The van der Waals surface area contributed by atoms with Crippen LogP contribution in [0.5, 0.6) is 11.5 Å². The van der Waals surface area contributed by atoms with Gasteiger partial charge in [0.1, 0.15) is 11.5 Å². The standard InChI is InChI=1S/C29H20N2O.C4H10.C3H8/c1-20(22-8-4-3-5-9-22)23-12-16-25(17-13-23)32-26-18-14-24(15-19-26)29-28-11-7-6-10-27(28)21(2)30-31-29;1-4(2)3;1-3-2/h4,6-19,30H,1-2H2;4H,1-3H3;3H2,1-2H3. The molecule has 0 amide bonds. The van der Waals surface area contributed by atoms with Gasteiger partial charge >= 0.3 is 0 Å². The number of benzene rings is 3. The fourth-order valence-corrected chi connectivity index (χ4v) is 3.66. The molecule has 39 heavy (non-hydrogen) atoms. The predicted octanol–water partition coefficient (Wildman–Crippen LogP) is 9.70. The Hall–Kier alpha value is -4.55. The van der Waals surface area contributed by atoms with E-state index in [9.17, 15) is 0 Å². The van der Waals surface area contributed by atoms with Gasteiger partial charge in [0, 0.05) is 16.7 Å². The lowest BCUT2D eigenvalue weighted by Crippen LogP contribution is -2.19. The minimum atomic E-state index is 0.760. The smallest absolute Gasteiger partial charge is 0.127 e. The zero-order valence-electron chi connectivity index (χ0n) is 23.7. The Kier molecular flexibility index (Phi) is 10.7. The molecule has 0 spiro atoms. The maximum atomic E-state index is 6.04. The average Bonchev–Trinajstić information content (AvgIpc) is 2.95. The van der Waals surface area contributed by atoms with E-state index in [-0.39, 0.29) is 0 Å². The summed E-state index contributed by atoms with van der Waals surface area (Å²) in [6.45, 7) is 19.0. The van der Waals surface area contributed by atoms with Gasteiger partial charge in [-0.25, -0.2) is 0 Å². The minimum absolute atomic E-state index is 0.760. The lowest BCUT2D eigenvalue weighted by molar-refractivity contribution is 0.482. The molecule has 0 saturated heterocycles. The Morgan fingerprint density at radius 1 is 0.872 bits per heavy atom. The van der Waals surface area contributed by atoms with Crippen molar-refractivity contribution in [2.45, 2.75) is 41.0 Å². The van der Waals surface area contributed by atoms with Crippen LogP contribution in [-0.2, 0) is 0 Å². The highest BCUT2D eigenvalue weighted by molar-refractivity contribution is 6.16. The number of hydrogen-bond acceptors (Lipinski definition) is 3. The summed E-state index contributed by atoms with van der Waals surface area (Å²) < 4.78 is 6.04. The fourth-order valence-electron chi connectivity index (χ4n) is 3.66. The van der Waals surface area contributed by atoms with E-state index >= 15 is 0 Å². The number of nitrogens with one attached hydrogen (secondary N) is 1. The van der Waals surface area contributed by atoms with Gasteiger partial charge in [-0.1, -0.05) is 102 Å². The highest BCUT2D eigenvalue weighted by Gasteiger charge is 2.17. The van der Waals surface area contributed by atoms with E-state index in [1.54, 1.807) is 0 Å². The highest BCUT2D eigenvalue weighted by Crippen LogP contribution is 2.29. The van der Waals surface area contributed by atoms with Gasteiger partial charge < -0.3 is 4.74 Å². The molecule has 3 heteroatoms. The number of hydrazone groups is 1. The molecule has 0 fully saturated rings. The number of rotatable bonds is 5. The number of ether oxygens (including phenoxy) is 1. The molecular formula is C36H38N2O. The first kappa shape index (κ1) is 29.0. The molecule has 1 aliphatic heterocycles. The Morgan fingerprint density at radius 3 is 2.00 bits per heavy atom. The van der Waals surface area contributed by atoms with Crippen molar-refractivity contribution in [2.75, 3.05) is 0 Å². The zero-order chi connectivity index (χ0) is 28.2. The Labute approximate surface area is 234 Å². The van der Waals surface area contributed by atoms with Gasteiger partial charge in [0.05, 0.1) is 11.4 Å². The molecule has 2 aliphatic rings. The summed E-state index contributed by atoms with van der Waals surface area (Å²) in [5.41, 5.74) is 16.7. The third kappa shape index (κ3) is 8.22. The molecule has 0 radical (unpaired) electrons. The average molecular weight is 515 g/mol. The summed E-state index contributed by atoms with van der Waals surface area (Å²) >= 11 is 0. The van der Waals surface area contributed by atoms with Gasteiger partial charge in [-0.05, 0) is 77.3 Å². The second-order valence-electron chi connectivity index (χ2n) is 9.89. The Balaban J connectivity index is 0.000000542. The van der Waals surface area contributed by atoms with E-state index < -0.39 is 0 Å². The molecule has 3 nitrogen and oxygen atoms in total. The largest absolute Gasteiger partial charge is 0.457 e.